The van der Waals surface area contributed by atoms with Crippen LogP contribution >= 0.6 is 0 Å². The average Bonchev–Trinajstić information content (AvgIpc) is 3.65. The van der Waals surface area contributed by atoms with Crippen LogP contribution in [0.1, 0.15) is 40.0 Å². The maximum Gasteiger partial charge on any atom is 0.410 e. The predicted molar refractivity (Wildman–Crippen MR) is 161 cm³/mol. The Morgan fingerprint density at radius 3 is 2.57 bits per heavy atom. The summed E-state index contributed by atoms with van der Waals surface area (Å²) >= 11 is 0. The summed E-state index contributed by atoms with van der Waals surface area (Å²) in [5, 5.41) is 4.11. The van der Waals surface area contributed by atoms with Crippen molar-refractivity contribution in [1.29, 1.82) is 0 Å². The Morgan fingerprint density at radius 2 is 1.81 bits per heavy atom. The summed E-state index contributed by atoms with van der Waals surface area (Å²) in [6, 6.07) is 10.3. The van der Waals surface area contributed by atoms with Gasteiger partial charge in [0.15, 0.2) is 0 Å². The van der Waals surface area contributed by atoms with E-state index in [-0.39, 0.29) is 24.0 Å². The van der Waals surface area contributed by atoms with Crippen LogP contribution in [0, 0.1) is 5.92 Å². The Kier molecular flexibility index (Phi) is 8.04. The number of ether oxygens (including phenoxy) is 2. The summed E-state index contributed by atoms with van der Waals surface area (Å²) in [4.78, 5) is 44.6. The molecule has 3 aliphatic heterocycles. The van der Waals surface area contributed by atoms with E-state index in [2.05, 4.69) is 36.1 Å². The molecule has 11 nitrogen and oxygen atoms in total. The minimum Gasteiger partial charge on any atom is -0.444 e. The number of morpholine rings is 1. The number of H-pyrrole nitrogens is 1. The molecule has 0 radical (unpaired) electrons. The Hall–Kier alpha value is -3.70. The van der Waals surface area contributed by atoms with E-state index in [0.717, 1.165) is 79.2 Å². The molecule has 5 heterocycles. The highest BCUT2D eigenvalue weighted by Gasteiger charge is 2.36. The Labute approximate surface area is 246 Å². The van der Waals surface area contributed by atoms with Gasteiger partial charge in [-0.3, -0.25) is 9.69 Å². The molecule has 0 aliphatic carbocycles. The fourth-order valence-electron chi connectivity index (χ4n) is 6.16. The quantitative estimate of drug-likeness (QED) is 0.467. The number of likely N-dealkylation sites (tertiary alicyclic amines) is 2. The van der Waals surface area contributed by atoms with Gasteiger partial charge in [-0.15, -0.1) is 0 Å². The van der Waals surface area contributed by atoms with Crippen molar-refractivity contribution in [2.24, 2.45) is 5.92 Å². The zero-order chi connectivity index (χ0) is 29.3. The molecule has 0 saturated carbocycles. The molecule has 224 valence electrons. The van der Waals surface area contributed by atoms with E-state index in [9.17, 15) is 9.59 Å². The maximum atomic E-state index is 13.2. The van der Waals surface area contributed by atoms with E-state index in [1.54, 1.807) is 6.33 Å². The fraction of sp³-hybridized carbons (Fsp3) is 0.548. The van der Waals surface area contributed by atoms with Crippen LogP contribution in [0.2, 0.25) is 0 Å². The molecule has 2 N–H and O–H groups in total. The number of piperidine rings is 1. The lowest BCUT2D eigenvalue weighted by atomic mass is 10.0. The van der Waals surface area contributed by atoms with Crippen LogP contribution in [0.15, 0.2) is 36.7 Å². The normalized spacial score (nSPS) is 22.0. The van der Waals surface area contributed by atoms with Crippen molar-refractivity contribution >= 4 is 34.5 Å². The van der Waals surface area contributed by atoms with Crippen LogP contribution in [0.4, 0.5) is 16.3 Å². The van der Waals surface area contributed by atoms with Crippen molar-refractivity contribution < 1.29 is 19.1 Å². The van der Waals surface area contributed by atoms with Crippen LogP contribution < -0.4 is 10.2 Å². The molecule has 0 bridgehead atoms. The summed E-state index contributed by atoms with van der Waals surface area (Å²) in [6.45, 7) is 11.6. The molecule has 3 aliphatic rings. The van der Waals surface area contributed by atoms with E-state index >= 15 is 0 Å². The highest BCUT2D eigenvalue weighted by atomic mass is 16.6. The standard InChI is InChI=1S/C31H41N7O4/c1-31(2,3)42-30(40)38-11-4-5-24(19-38)37-12-10-22(18-37)29(39)34-23-8-6-21(7-9-23)26-17-25-27(35-26)32-20-33-28(25)36-13-15-41-16-14-36/h6-9,17,20,22,24H,4-5,10-16,18-19H2,1-3H3,(H,34,39)(H,32,33,35)/t22-,24?/m1/s1. The number of nitrogens with zero attached hydrogens (tertiary/aromatic N) is 5. The first-order valence-corrected chi connectivity index (χ1v) is 15.0. The van der Waals surface area contributed by atoms with Gasteiger partial charge in [0.25, 0.3) is 0 Å². The molecule has 2 amide bonds. The third-order valence-electron chi connectivity index (χ3n) is 8.33. The summed E-state index contributed by atoms with van der Waals surface area (Å²) < 4.78 is 11.1. The smallest absolute Gasteiger partial charge is 0.410 e. The summed E-state index contributed by atoms with van der Waals surface area (Å²) in [5.74, 6) is 0.889. The summed E-state index contributed by atoms with van der Waals surface area (Å²) in [6.07, 6.45) is 4.14. The lowest BCUT2D eigenvalue weighted by Crippen LogP contribution is -2.50. The fourth-order valence-corrected chi connectivity index (χ4v) is 6.16. The number of aromatic amines is 1. The van der Waals surface area contributed by atoms with Crippen molar-refractivity contribution in [3.8, 4) is 11.3 Å². The lowest BCUT2D eigenvalue weighted by Gasteiger charge is -2.38. The SMILES string of the molecule is CC(C)(C)OC(=O)N1CCCC(N2CC[C@@H](C(=O)Nc3ccc(-c4cc5c(N6CCOCC6)ncnc5[nH]4)cc3)C2)C1. The molecule has 1 aromatic carbocycles. The van der Waals surface area contributed by atoms with Gasteiger partial charge >= 0.3 is 6.09 Å². The van der Waals surface area contributed by atoms with Crippen molar-refractivity contribution in [3.05, 3.63) is 36.7 Å². The number of hydrogen-bond acceptors (Lipinski definition) is 8. The van der Waals surface area contributed by atoms with Gasteiger partial charge < -0.3 is 29.6 Å². The van der Waals surface area contributed by atoms with Crippen LogP contribution in [0.25, 0.3) is 22.3 Å². The highest BCUT2D eigenvalue weighted by molar-refractivity contribution is 5.94. The van der Waals surface area contributed by atoms with Gasteiger partial charge in [0, 0.05) is 50.1 Å². The number of carbonyl (C=O) groups excluding carboxylic acids is 2. The molecule has 2 aromatic heterocycles. The predicted octanol–water partition coefficient (Wildman–Crippen LogP) is 4.12. The number of rotatable bonds is 5. The number of anilines is 2. The minimum atomic E-state index is -0.504. The second kappa shape index (κ2) is 11.9. The number of carbonyl (C=O) groups is 2. The molecule has 3 saturated heterocycles. The van der Waals surface area contributed by atoms with Crippen molar-refractivity contribution in [1.82, 2.24) is 24.8 Å². The van der Waals surface area contributed by atoms with Gasteiger partial charge in [-0.1, -0.05) is 12.1 Å². The second-order valence-corrected chi connectivity index (χ2v) is 12.5. The first-order valence-electron chi connectivity index (χ1n) is 15.0. The second-order valence-electron chi connectivity index (χ2n) is 12.5. The maximum absolute atomic E-state index is 13.2. The molecule has 0 spiro atoms. The van der Waals surface area contributed by atoms with E-state index < -0.39 is 5.60 Å². The van der Waals surface area contributed by atoms with Crippen LogP contribution in [-0.2, 0) is 14.3 Å². The molecule has 11 heteroatoms. The molecule has 3 aromatic rings. The lowest BCUT2D eigenvalue weighted by molar-refractivity contribution is -0.119. The molecule has 3 fully saturated rings. The first kappa shape index (κ1) is 28.4. The average molecular weight is 576 g/mol. The summed E-state index contributed by atoms with van der Waals surface area (Å²) in [7, 11) is 0. The molecule has 2 atom stereocenters. The molecule has 1 unspecified atom stereocenters. The van der Waals surface area contributed by atoms with Crippen molar-refractivity contribution in [3.63, 3.8) is 0 Å². The van der Waals surface area contributed by atoms with Crippen molar-refractivity contribution in [2.45, 2.75) is 51.7 Å². The van der Waals surface area contributed by atoms with Gasteiger partial charge in [-0.25, -0.2) is 14.8 Å². The van der Waals surface area contributed by atoms with Gasteiger partial charge in [0.2, 0.25) is 5.91 Å². The minimum absolute atomic E-state index is 0.0427. The number of benzene rings is 1. The topological polar surface area (TPSA) is 116 Å². The number of nitrogens with one attached hydrogen (secondary N) is 2. The zero-order valence-electron chi connectivity index (χ0n) is 24.8. The third-order valence-corrected chi connectivity index (χ3v) is 8.33. The molecular formula is C31H41N7O4. The molecule has 42 heavy (non-hydrogen) atoms. The van der Waals surface area contributed by atoms with Crippen LogP contribution in [-0.4, -0.2) is 101 Å². The molecular weight excluding hydrogens is 534 g/mol. The van der Waals surface area contributed by atoms with Crippen molar-refractivity contribution in [2.75, 3.05) is 62.7 Å². The monoisotopic (exact) mass is 575 g/mol. The van der Waals surface area contributed by atoms with Crippen LogP contribution in [0.3, 0.4) is 0 Å². The van der Waals surface area contributed by atoms with Gasteiger partial charge in [0.1, 0.15) is 23.4 Å². The van der Waals surface area contributed by atoms with E-state index in [4.69, 9.17) is 9.47 Å². The number of aromatic nitrogens is 3. The Morgan fingerprint density at radius 1 is 1.02 bits per heavy atom. The van der Waals surface area contributed by atoms with Crippen LogP contribution in [0.5, 0.6) is 0 Å². The van der Waals surface area contributed by atoms with E-state index in [0.29, 0.717) is 26.3 Å². The third kappa shape index (κ3) is 6.37. The van der Waals surface area contributed by atoms with Gasteiger partial charge in [-0.05, 0) is 70.3 Å². The van der Waals surface area contributed by atoms with Gasteiger partial charge in [-0.2, -0.15) is 0 Å². The number of hydrogen-bond donors (Lipinski definition) is 2. The number of amides is 2. The number of fused-ring (bicyclic) bond motifs is 1. The molecule has 6 rings (SSSR count). The van der Waals surface area contributed by atoms with E-state index in [1.807, 2.05) is 49.9 Å². The Balaban J connectivity index is 1.05. The highest BCUT2D eigenvalue weighted by Crippen LogP contribution is 2.30. The Bertz CT molecular complexity index is 1410. The zero-order valence-corrected chi connectivity index (χ0v) is 24.8. The van der Waals surface area contributed by atoms with E-state index in [1.165, 1.54) is 0 Å². The largest absolute Gasteiger partial charge is 0.444 e. The van der Waals surface area contributed by atoms with Gasteiger partial charge in [0.05, 0.1) is 24.5 Å². The summed E-state index contributed by atoms with van der Waals surface area (Å²) in [5.41, 5.74) is 3.04. The first-order chi connectivity index (χ1) is 20.2.